The second kappa shape index (κ2) is 9.46. The van der Waals surface area contributed by atoms with E-state index in [1.807, 2.05) is 42.5 Å². The van der Waals surface area contributed by atoms with Crippen molar-refractivity contribution >= 4 is 0 Å². The lowest BCUT2D eigenvalue weighted by Crippen LogP contribution is -2.37. The lowest BCUT2D eigenvalue weighted by molar-refractivity contribution is 0.0316. The maximum atomic E-state index is 6.34. The highest BCUT2D eigenvalue weighted by molar-refractivity contribution is 5.37. The normalized spacial score (nSPS) is 16.1. The monoisotopic (exact) mass is 357 g/mol. The van der Waals surface area contributed by atoms with Gasteiger partial charge in [-0.2, -0.15) is 0 Å². The Balaban J connectivity index is 1.75. The van der Waals surface area contributed by atoms with E-state index in [1.165, 1.54) is 0 Å². The van der Waals surface area contributed by atoms with Crippen LogP contribution in [0.4, 0.5) is 0 Å². The highest BCUT2D eigenvalue weighted by Crippen LogP contribution is 2.32. The summed E-state index contributed by atoms with van der Waals surface area (Å²) in [7, 11) is 3.36. The van der Waals surface area contributed by atoms with E-state index in [1.54, 1.807) is 14.2 Å². The summed E-state index contributed by atoms with van der Waals surface area (Å²) in [6.45, 7) is 4.52. The van der Waals surface area contributed by atoms with Crippen LogP contribution < -0.4 is 14.2 Å². The van der Waals surface area contributed by atoms with Crippen molar-refractivity contribution in [1.82, 2.24) is 4.90 Å². The third-order valence-electron chi connectivity index (χ3n) is 4.63. The van der Waals surface area contributed by atoms with Crippen LogP contribution in [0.15, 0.2) is 48.5 Å². The van der Waals surface area contributed by atoms with E-state index >= 15 is 0 Å². The first kappa shape index (κ1) is 18.5. The fraction of sp³-hybridized carbons (Fsp3) is 0.429. The molecule has 0 spiro atoms. The van der Waals surface area contributed by atoms with Crippen LogP contribution in [-0.4, -0.2) is 52.0 Å². The van der Waals surface area contributed by atoms with Crippen molar-refractivity contribution in [3.05, 3.63) is 54.1 Å². The Kier molecular flexibility index (Phi) is 6.75. The molecule has 1 fully saturated rings. The van der Waals surface area contributed by atoms with Crippen LogP contribution in [0.1, 0.15) is 18.1 Å². The Bertz CT molecular complexity index is 668. The molecule has 0 amide bonds. The van der Waals surface area contributed by atoms with E-state index in [2.05, 4.69) is 11.0 Å². The molecule has 0 radical (unpaired) electrons. The molecular weight excluding hydrogens is 330 g/mol. The van der Waals surface area contributed by atoms with Gasteiger partial charge in [-0.3, -0.25) is 4.90 Å². The third kappa shape index (κ3) is 4.90. The molecule has 3 rings (SSSR count). The summed E-state index contributed by atoms with van der Waals surface area (Å²) in [5, 5.41) is 0. The average molecular weight is 357 g/mol. The van der Waals surface area contributed by atoms with Crippen LogP contribution >= 0.6 is 0 Å². The number of para-hydroxylation sites is 1. The van der Waals surface area contributed by atoms with Crippen LogP contribution in [-0.2, 0) is 4.74 Å². The second-order valence-electron chi connectivity index (χ2n) is 6.27. The summed E-state index contributed by atoms with van der Waals surface area (Å²) >= 11 is 0. The zero-order valence-electron chi connectivity index (χ0n) is 15.5. The smallest absolute Gasteiger partial charge is 0.128 e. The first-order valence-electron chi connectivity index (χ1n) is 9.04. The largest absolute Gasteiger partial charge is 0.497 e. The standard InChI is InChI=1S/C21H27NO4/c1-23-17-7-9-18(10-8-17)26-21(11-12-22-13-15-25-16-14-22)19-5-3-4-6-20(19)24-2/h3-10,21H,11-16H2,1-2H3. The van der Waals surface area contributed by atoms with E-state index in [-0.39, 0.29) is 6.10 Å². The first-order chi connectivity index (χ1) is 12.8. The molecule has 1 aliphatic heterocycles. The summed E-state index contributed by atoms with van der Waals surface area (Å²) in [6, 6.07) is 15.8. The van der Waals surface area contributed by atoms with Gasteiger partial charge in [0.25, 0.3) is 0 Å². The molecule has 5 heteroatoms. The molecule has 0 saturated carbocycles. The number of benzene rings is 2. The Morgan fingerprint density at radius 2 is 1.62 bits per heavy atom. The minimum absolute atomic E-state index is 0.0811. The SMILES string of the molecule is COc1ccc(OC(CCN2CCOCC2)c2ccccc2OC)cc1. The molecule has 1 aliphatic rings. The minimum atomic E-state index is -0.0811. The molecule has 0 aromatic heterocycles. The topological polar surface area (TPSA) is 40.2 Å². The number of morpholine rings is 1. The number of hydrogen-bond acceptors (Lipinski definition) is 5. The summed E-state index contributed by atoms with van der Waals surface area (Å²) in [6.07, 6.45) is 0.800. The summed E-state index contributed by atoms with van der Waals surface area (Å²) in [5.41, 5.74) is 1.07. The number of ether oxygens (including phenoxy) is 4. The molecule has 140 valence electrons. The van der Waals surface area contributed by atoms with Crippen LogP contribution in [0.2, 0.25) is 0 Å². The average Bonchev–Trinajstić information content (AvgIpc) is 2.72. The van der Waals surface area contributed by atoms with Crippen molar-refractivity contribution in [1.29, 1.82) is 0 Å². The summed E-state index contributed by atoms with van der Waals surface area (Å²) in [4.78, 5) is 2.42. The van der Waals surface area contributed by atoms with E-state index in [4.69, 9.17) is 18.9 Å². The van der Waals surface area contributed by atoms with Crippen LogP contribution in [0, 0.1) is 0 Å². The zero-order chi connectivity index (χ0) is 18.2. The molecule has 1 saturated heterocycles. The zero-order valence-corrected chi connectivity index (χ0v) is 15.5. The lowest BCUT2D eigenvalue weighted by Gasteiger charge is -2.29. The molecule has 1 heterocycles. The number of methoxy groups -OCH3 is 2. The fourth-order valence-corrected chi connectivity index (χ4v) is 3.15. The van der Waals surface area contributed by atoms with Gasteiger partial charge < -0.3 is 18.9 Å². The predicted octanol–water partition coefficient (Wildman–Crippen LogP) is 3.55. The van der Waals surface area contributed by atoms with Crippen LogP contribution in [0.25, 0.3) is 0 Å². The molecule has 1 atom stereocenters. The molecule has 0 bridgehead atoms. The van der Waals surface area contributed by atoms with Crippen molar-refractivity contribution in [2.45, 2.75) is 12.5 Å². The fourth-order valence-electron chi connectivity index (χ4n) is 3.15. The van der Waals surface area contributed by atoms with E-state index in [0.717, 1.165) is 62.1 Å². The molecule has 2 aromatic carbocycles. The van der Waals surface area contributed by atoms with Crippen molar-refractivity contribution < 1.29 is 18.9 Å². The Morgan fingerprint density at radius 1 is 0.923 bits per heavy atom. The number of nitrogens with zero attached hydrogens (tertiary/aromatic N) is 1. The van der Waals surface area contributed by atoms with Gasteiger partial charge in [0.05, 0.1) is 27.4 Å². The van der Waals surface area contributed by atoms with Gasteiger partial charge in [0.1, 0.15) is 23.4 Å². The number of hydrogen-bond donors (Lipinski definition) is 0. The van der Waals surface area contributed by atoms with Gasteiger partial charge in [-0.25, -0.2) is 0 Å². The Labute approximate surface area is 155 Å². The van der Waals surface area contributed by atoms with Crippen molar-refractivity contribution in [3.63, 3.8) is 0 Å². The van der Waals surface area contributed by atoms with Gasteiger partial charge in [-0.1, -0.05) is 18.2 Å². The molecule has 26 heavy (non-hydrogen) atoms. The molecular formula is C21H27NO4. The Hall–Kier alpha value is -2.24. The van der Waals surface area contributed by atoms with Crippen LogP contribution in [0.3, 0.4) is 0 Å². The van der Waals surface area contributed by atoms with Crippen molar-refractivity contribution in [3.8, 4) is 17.2 Å². The highest BCUT2D eigenvalue weighted by atomic mass is 16.5. The summed E-state index contributed by atoms with van der Waals surface area (Å²) < 4.78 is 22.6. The lowest BCUT2D eigenvalue weighted by atomic mass is 10.0. The molecule has 5 nitrogen and oxygen atoms in total. The van der Waals surface area contributed by atoms with Crippen molar-refractivity contribution in [2.75, 3.05) is 47.1 Å². The van der Waals surface area contributed by atoms with Gasteiger partial charge >= 0.3 is 0 Å². The minimum Gasteiger partial charge on any atom is -0.497 e. The third-order valence-corrected chi connectivity index (χ3v) is 4.63. The molecule has 0 aliphatic carbocycles. The number of rotatable bonds is 8. The van der Waals surface area contributed by atoms with Crippen LogP contribution in [0.5, 0.6) is 17.2 Å². The van der Waals surface area contributed by atoms with Gasteiger partial charge in [0.2, 0.25) is 0 Å². The second-order valence-corrected chi connectivity index (χ2v) is 6.27. The quantitative estimate of drug-likeness (QED) is 0.723. The van der Waals surface area contributed by atoms with Gasteiger partial charge in [-0.05, 0) is 30.3 Å². The molecule has 1 unspecified atom stereocenters. The highest BCUT2D eigenvalue weighted by Gasteiger charge is 2.20. The first-order valence-corrected chi connectivity index (χ1v) is 9.04. The van der Waals surface area contributed by atoms with Gasteiger partial charge in [-0.15, -0.1) is 0 Å². The molecule has 0 N–H and O–H groups in total. The van der Waals surface area contributed by atoms with Gasteiger partial charge in [0.15, 0.2) is 0 Å². The van der Waals surface area contributed by atoms with E-state index < -0.39 is 0 Å². The summed E-state index contributed by atoms with van der Waals surface area (Å²) in [5.74, 6) is 2.50. The molecule has 2 aromatic rings. The predicted molar refractivity (Wildman–Crippen MR) is 101 cm³/mol. The maximum Gasteiger partial charge on any atom is 0.128 e. The van der Waals surface area contributed by atoms with E-state index in [0.29, 0.717) is 0 Å². The van der Waals surface area contributed by atoms with Crippen molar-refractivity contribution in [2.24, 2.45) is 0 Å². The van der Waals surface area contributed by atoms with E-state index in [9.17, 15) is 0 Å². The maximum absolute atomic E-state index is 6.34. The van der Waals surface area contributed by atoms with Gasteiger partial charge in [0, 0.05) is 31.6 Å². The Morgan fingerprint density at radius 3 is 2.31 bits per heavy atom.